The summed E-state index contributed by atoms with van der Waals surface area (Å²) >= 11 is 1.82. The van der Waals surface area contributed by atoms with Crippen molar-refractivity contribution in [3.05, 3.63) is 40.1 Å². The SMILES string of the molecule is CCCn1ccnc1C(NC)c1sccc1CC. The second-order valence-corrected chi connectivity index (χ2v) is 5.31. The lowest BCUT2D eigenvalue weighted by molar-refractivity contribution is 0.571. The fraction of sp³-hybridized carbons (Fsp3) is 0.500. The van der Waals surface area contributed by atoms with Crippen molar-refractivity contribution in [2.24, 2.45) is 0 Å². The van der Waals surface area contributed by atoms with Crippen LogP contribution in [0, 0.1) is 0 Å². The van der Waals surface area contributed by atoms with Gasteiger partial charge in [-0.05, 0) is 36.9 Å². The molecule has 0 aliphatic carbocycles. The lowest BCUT2D eigenvalue weighted by Crippen LogP contribution is -2.22. The second-order valence-electron chi connectivity index (χ2n) is 4.36. The minimum absolute atomic E-state index is 0.210. The van der Waals surface area contributed by atoms with Gasteiger partial charge in [-0.1, -0.05) is 13.8 Å². The fourth-order valence-electron chi connectivity index (χ4n) is 2.28. The maximum Gasteiger partial charge on any atom is 0.131 e. The number of aromatic nitrogens is 2. The van der Waals surface area contributed by atoms with E-state index in [2.05, 4.69) is 46.4 Å². The largest absolute Gasteiger partial charge is 0.333 e. The first-order valence-corrected chi connectivity index (χ1v) is 7.44. The molecule has 0 aliphatic rings. The van der Waals surface area contributed by atoms with Gasteiger partial charge in [0, 0.05) is 23.8 Å². The number of hydrogen-bond donors (Lipinski definition) is 1. The minimum Gasteiger partial charge on any atom is -0.333 e. The Morgan fingerprint density at radius 1 is 1.44 bits per heavy atom. The highest BCUT2D eigenvalue weighted by molar-refractivity contribution is 7.10. The normalized spacial score (nSPS) is 12.8. The van der Waals surface area contributed by atoms with Crippen LogP contribution in [0.2, 0.25) is 0 Å². The molecule has 0 radical (unpaired) electrons. The molecule has 0 saturated heterocycles. The molecular weight excluding hydrogens is 242 g/mol. The van der Waals surface area contributed by atoms with Crippen LogP contribution in [0.5, 0.6) is 0 Å². The van der Waals surface area contributed by atoms with Crippen LogP contribution in [0.3, 0.4) is 0 Å². The van der Waals surface area contributed by atoms with Gasteiger partial charge < -0.3 is 9.88 Å². The summed E-state index contributed by atoms with van der Waals surface area (Å²) in [6.45, 7) is 5.43. The standard InChI is InChI=1S/C14H21N3S/c1-4-8-17-9-7-16-14(17)12(15-3)13-11(5-2)6-10-18-13/h6-7,9-10,12,15H,4-5,8H2,1-3H3. The van der Waals surface area contributed by atoms with E-state index in [1.807, 2.05) is 24.6 Å². The average molecular weight is 263 g/mol. The third kappa shape index (κ3) is 2.49. The Morgan fingerprint density at radius 2 is 2.28 bits per heavy atom. The number of hydrogen-bond acceptors (Lipinski definition) is 3. The molecule has 0 saturated carbocycles. The molecule has 98 valence electrons. The molecule has 3 nitrogen and oxygen atoms in total. The first-order valence-electron chi connectivity index (χ1n) is 6.56. The molecule has 2 rings (SSSR count). The van der Waals surface area contributed by atoms with Crippen molar-refractivity contribution in [3.63, 3.8) is 0 Å². The van der Waals surface area contributed by atoms with Crippen LogP contribution in [0.25, 0.3) is 0 Å². The zero-order chi connectivity index (χ0) is 13.0. The van der Waals surface area contributed by atoms with Gasteiger partial charge in [-0.15, -0.1) is 11.3 Å². The van der Waals surface area contributed by atoms with Gasteiger partial charge in [0.15, 0.2) is 0 Å². The molecular formula is C14H21N3S. The summed E-state index contributed by atoms with van der Waals surface area (Å²) in [5.74, 6) is 1.12. The number of nitrogens with one attached hydrogen (secondary N) is 1. The van der Waals surface area contributed by atoms with E-state index in [9.17, 15) is 0 Å². The highest BCUT2D eigenvalue weighted by Crippen LogP contribution is 2.29. The average Bonchev–Trinajstić information content (AvgIpc) is 3.01. The molecule has 0 spiro atoms. The van der Waals surface area contributed by atoms with Crippen molar-refractivity contribution in [1.82, 2.24) is 14.9 Å². The van der Waals surface area contributed by atoms with Gasteiger partial charge in [0.05, 0.1) is 0 Å². The van der Waals surface area contributed by atoms with Crippen molar-refractivity contribution in [2.75, 3.05) is 7.05 Å². The third-order valence-corrected chi connectivity index (χ3v) is 4.21. The molecule has 0 aliphatic heterocycles. The predicted molar refractivity (Wildman–Crippen MR) is 77.1 cm³/mol. The Bertz CT molecular complexity index is 487. The topological polar surface area (TPSA) is 29.9 Å². The Labute approximate surface area is 113 Å². The molecule has 2 aromatic heterocycles. The van der Waals surface area contributed by atoms with Crippen LogP contribution in [-0.4, -0.2) is 16.6 Å². The highest BCUT2D eigenvalue weighted by Gasteiger charge is 2.20. The van der Waals surface area contributed by atoms with Gasteiger partial charge in [-0.25, -0.2) is 4.98 Å². The molecule has 0 aromatic carbocycles. The highest BCUT2D eigenvalue weighted by atomic mass is 32.1. The van der Waals surface area contributed by atoms with Crippen LogP contribution in [0.4, 0.5) is 0 Å². The van der Waals surface area contributed by atoms with E-state index < -0.39 is 0 Å². The summed E-state index contributed by atoms with van der Waals surface area (Å²) < 4.78 is 2.25. The molecule has 0 amide bonds. The van der Waals surface area contributed by atoms with E-state index in [1.54, 1.807) is 0 Å². The van der Waals surface area contributed by atoms with Crippen molar-refractivity contribution in [3.8, 4) is 0 Å². The number of rotatable bonds is 6. The summed E-state index contributed by atoms with van der Waals surface area (Å²) in [4.78, 5) is 5.94. The zero-order valence-corrected chi connectivity index (χ0v) is 12.1. The molecule has 18 heavy (non-hydrogen) atoms. The third-order valence-electron chi connectivity index (χ3n) is 3.18. The predicted octanol–water partition coefficient (Wildman–Crippen LogP) is 3.23. The van der Waals surface area contributed by atoms with E-state index in [-0.39, 0.29) is 6.04 Å². The van der Waals surface area contributed by atoms with Gasteiger partial charge in [-0.3, -0.25) is 0 Å². The van der Waals surface area contributed by atoms with Gasteiger partial charge in [0.2, 0.25) is 0 Å². The molecule has 4 heteroatoms. The quantitative estimate of drug-likeness (QED) is 0.867. The van der Waals surface area contributed by atoms with Crippen molar-refractivity contribution >= 4 is 11.3 Å². The summed E-state index contributed by atoms with van der Waals surface area (Å²) in [7, 11) is 2.01. The van der Waals surface area contributed by atoms with Gasteiger partial charge in [0.25, 0.3) is 0 Å². The number of nitrogens with zero attached hydrogens (tertiary/aromatic N) is 2. The first kappa shape index (κ1) is 13.3. The molecule has 1 atom stereocenters. The van der Waals surface area contributed by atoms with Gasteiger partial charge >= 0.3 is 0 Å². The second kappa shape index (κ2) is 6.16. The Morgan fingerprint density at radius 3 is 2.94 bits per heavy atom. The van der Waals surface area contributed by atoms with Crippen LogP contribution < -0.4 is 5.32 Å². The van der Waals surface area contributed by atoms with Crippen LogP contribution in [0.15, 0.2) is 23.8 Å². The van der Waals surface area contributed by atoms with Crippen LogP contribution in [0.1, 0.15) is 42.6 Å². The molecule has 1 unspecified atom stereocenters. The van der Waals surface area contributed by atoms with E-state index in [0.717, 1.165) is 25.2 Å². The van der Waals surface area contributed by atoms with Gasteiger partial charge in [0.1, 0.15) is 11.9 Å². The molecule has 0 fully saturated rings. The molecule has 2 heterocycles. The smallest absolute Gasteiger partial charge is 0.131 e. The summed E-state index contributed by atoms with van der Waals surface area (Å²) in [6, 6.07) is 2.43. The molecule has 2 aromatic rings. The summed E-state index contributed by atoms with van der Waals surface area (Å²) in [5, 5.41) is 5.58. The maximum atomic E-state index is 4.54. The van der Waals surface area contributed by atoms with Crippen LogP contribution in [-0.2, 0) is 13.0 Å². The number of thiophene rings is 1. The van der Waals surface area contributed by atoms with Crippen molar-refractivity contribution in [2.45, 2.75) is 39.3 Å². The Balaban J connectivity index is 2.36. The maximum absolute atomic E-state index is 4.54. The Hall–Kier alpha value is -1.13. The van der Waals surface area contributed by atoms with Crippen molar-refractivity contribution < 1.29 is 0 Å². The zero-order valence-electron chi connectivity index (χ0n) is 11.3. The number of imidazole rings is 1. The van der Waals surface area contributed by atoms with E-state index in [0.29, 0.717) is 0 Å². The van der Waals surface area contributed by atoms with E-state index >= 15 is 0 Å². The van der Waals surface area contributed by atoms with Crippen LogP contribution >= 0.6 is 11.3 Å². The fourth-order valence-corrected chi connectivity index (χ4v) is 3.38. The summed E-state index contributed by atoms with van der Waals surface area (Å²) in [5.41, 5.74) is 1.42. The lowest BCUT2D eigenvalue weighted by atomic mass is 10.1. The van der Waals surface area contributed by atoms with E-state index in [4.69, 9.17) is 0 Å². The monoisotopic (exact) mass is 263 g/mol. The Kier molecular flexibility index (Phi) is 4.55. The lowest BCUT2D eigenvalue weighted by Gasteiger charge is -2.17. The minimum atomic E-state index is 0.210. The van der Waals surface area contributed by atoms with E-state index in [1.165, 1.54) is 10.4 Å². The van der Waals surface area contributed by atoms with Gasteiger partial charge in [-0.2, -0.15) is 0 Å². The van der Waals surface area contributed by atoms with Crippen molar-refractivity contribution in [1.29, 1.82) is 0 Å². The first-order chi connectivity index (χ1) is 8.81. The molecule has 1 N–H and O–H groups in total. The summed E-state index contributed by atoms with van der Waals surface area (Å²) in [6.07, 6.45) is 6.17. The number of aryl methyl sites for hydroxylation is 2. The molecule has 0 bridgehead atoms.